The van der Waals surface area contributed by atoms with Crippen LogP contribution in [-0.4, -0.2) is 129 Å². The van der Waals surface area contributed by atoms with Crippen LogP contribution in [0.15, 0.2) is 102 Å². The first kappa shape index (κ1) is 54.6. The predicted octanol–water partition coefficient (Wildman–Crippen LogP) is 9.95. The second kappa shape index (κ2) is 22.6. The Morgan fingerprint density at radius 1 is 0.974 bits per heavy atom. The Morgan fingerprint density at radius 3 is 2.47 bits per heavy atom. The Labute approximate surface area is 454 Å². The van der Waals surface area contributed by atoms with E-state index in [4.69, 9.17) is 14.2 Å². The number of nitrogens with zero attached hydrogens (tertiary/aromatic N) is 6. The number of aromatic nitrogens is 2. The normalized spacial score (nSPS) is 19.0. The number of pyridine rings is 1. The van der Waals surface area contributed by atoms with E-state index in [0.717, 1.165) is 88.4 Å². The number of anilines is 2. The molecule has 3 saturated heterocycles. The lowest BCUT2D eigenvalue weighted by molar-refractivity contribution is -0.384. The number of H-pyrrole nitrogens is 1. The van der Waals surface area contributed by atoms with Crippen molar-refractivity contribution in [2.75, 3.05) is 83.9 Å². The Kier molecular flexibility index (Phi) is 15.8. The molecule has 10 rings (SSSR count). The first-order chi connectivity index (χ1) is 37.4. The monoisotopic (exact) mass is 1090 g/mol. The maximum atomic E-state index is 16.6. The van der Waals surface area contributed by atoms with Crippen LogP contribution in [0, 0.1) is 21.3 Å². The quantitative estimate of drug-likeness (QED) is 0.0545. The molecular weight excluding hydrogens is 1020 g/mol. The lowest BCUT2D eigenvalue weighted by Crippen LogP contribution is -2.60. The molecule has 0 radical (unpaired) electrons. The number of carbonyl (C=O) groups excluding carboxylic acids is 1. The summed E-state index contributed by atoms with van der Waals surface area (Å²) < 4.78 is 78.8. The van der Waals surface area contributed by atoms with Crippen molar-refractivity contribution in [3.8, 4) is 17.2 Å². The smallest absolute Gasteiger partial charge is 0.293 e. The molecule has 1 amide bonds. The van der Waals surface area contributed by atoms with E-state index < -0.39 is 48.5 Å². The van der Waals surface area contributed by atoms with Gasteiger partial charge in [0.15, 0.2) is 0 Å². The fraction of sp³-hybridized carbons (Fsp3) is 0.448. The van der Waals surface area contributed by atoms with Crippen molar-refractivity contribution in [1.82, 2.24) is 29.4 Å². The predicted molar refractivity (Wildman–Crippen MR) is 295 cm³/mol. The van der Waals surface area contributed by atoms with Crippen molar-refractivity contribution in [3.63, 3.8) is 0 Å². The number of fused-ring (bicyclic) bond motifs is 1. The third-order valence-electron chi connectivity index (χ3n) is 16.3. The SMILES string of the molecule is COc1ccc(CN2CCN(C3CC4(CCN(c5cc(Oc6cnc7[nH]ccc7c6)c(C(=O)NS(=O)(=O)c6ccc(NCC7(F)CCOCC7)c([N+](=O)[O-])c6)cc5F)CC4)C3)C(c3ccccc3C(C)C)C2)cc1CN(C)C. The number of carbonyl (C=O) groups is 1. The number of nitrogens with one attached hydrogen (secondary N) is 3. The summed E-state index contributed by atoms with van der Waals surface area (Å²) in [7, 11) is 1.07. The molecule has 17 nitrogen and oxygen atoms in total. The molecule has 1 spiro atoms. The maximum absolute atomic E-state index is 16.6. The van der Waals surface area contributed by atoms with Crippen LogP contribution < -0.4 is 24.4 Å². The molecule has 4 aromatic carbocycles. The number of nitro benzene ring substituents is 1. The van der Waals surface area contributed by atoms with Crippen LogP contribution in [0.1, 0.15) is 96.9 Å². The van der Waals surface area contributed by atoms with Gasteiger partial charge in [0.1, 0.15) is 40.1 Å². The minimum atomic E-state index is -4.79. The Balaban J connectivity index is 0.849. The molecule has 20 heteroatoms. The Bertz CT molecular complexity index is 3280. The van der Waals surface area contributed by atoms with Gasteiger partial charge in [-0.25, -0.2) is 26.9 Å². The second-order valence-corrected chi connectivity index (χ2v) is 23.9. The van der Waals surface area contributed by atoms with Crippen LogP contribution in [-0.2, 0) is 27.8 Å². The minimum absolute atomic E-state index is 0.0809. The van der Waals surface area contributed by atoms with Gasteiger partial charge in [0, 0.05) is 120 Å². The lowest BCUT2D eigenvalue weighted by atomic mass is 9.59. The number of hydrogen-bond donors (Lipinski definition) is 3. The summed E-state index contributed by atoms with van der Waals surface area (Å²) in [5.74, 6) is -0.609. The van der Waals surface area contributed by atoms with Crippen LogP contribution in [0.3, 0.4) is 0 Å². The number of hydrogen-bond acceptors (Lipinski definition) is 14. The zero-order valence-corrected chi connectivity index (χ0v) is 45.7. The summed E-state index contributed by atoms with van der Waals surface area (Å²) in [4.78, 5) is 41.7. The van der Waals surface area contributed by atoms with Crippen molar-refractivity contribution in [3.05, 3.63) is 141 Å². The zero-order valence-electron chi connectivity index (χ0n) is 44.9. The average Bonchev–Trinajstić information content (AvgIpc) is 4.04. The standard InChI is InChI=1S/C58H69F2N9O8S/c1-38(2)45-8-6-7-9-46(45)52-36-66(34-39-10-13-53(75-5)41(26-39)35-65(3)4)22-23-68(52)42-31-57(32-42)15-20-67(21-16-57)50-30-54(77-43-27-40-14-19-61-55(40)62-33-43)47(29-48(50)59)56(70)64-78(73,74)44-11-12-49(51(28-44)69(71)72)63-37-58(60)17-24-76-25-18-58/h6-14,19,26-30,33,38,42,52,63H,15-18,20-25,31-32,34-37H2,1-5H3,(H,61,62)(H,64,70). The number of methoxy groups -OCH3 is 1. The summed E-state index contributed by atoms with van der Waals surface area (Å²) in [5, 5.41) is 15.6. The van der Waals surface area contributed by atoms with Crippen LogP contribution in [0.2, 0.25) is 0 Å². The van der Waals surface area contributed by atoms with Crippen LogP contribution >= 0.6 is 0 Å². The molecule has 414 valence electrons. The van der Waals surface area contributed by atoms with Gasteiger partial charge < -0.3 is 34.3 Å². The molecule has 5 heterocycles. The summed E-state index contributed by atoms with van der Waals surface area (Å²) >= 11 is 0. The fourth-order valence-corrected chi connectivity index (χ4v) is 13.0. The second-order valence-electron chi connectivity index (χ2n) is 22.2. The van der Waals surface area contributed by atoms with Gasteiger partial charge in [-0.05, 0) is 110 Å². The van der Waals surface area contributed by atoms with Crippen molar-refractivity contribution >= 4 is 44.0 Å². The molecular formula is C58H69F2N9O8S. The molecule has 1 unspecified atom stereocenters. The van der Waals surface area contributed by atoms with Crippen molar-refractivity contribution in [2.45, 2.75) is 94.0 Å². The Morgan fingerprint density at radius 2 is 1.74 bits per heavy atom. The van der Waals surface area contributed by atoms with Gasteiger partial charge in [0.05, 0.1) is 34.4 Å². The zero-order chi connectivity index (χ0) is 54.9. The van der Waals surface area contributed by atoms with Crippen molar-refractivity contribution in [2.24, 2.45) is 5.41 Å². The van der Waals surface area contributed by atoms with E-state index in [1.165, 1.54) is 34.5 Å². The summed E-state index contributed by atoms with van der Waals surface area (Å²) in [6, 6.07) is 24.9. The number of aromatic amines is 1. The number of rotatable bonds is 18. The number of sulfonamides is 1. The molecule has 3 N–H and O–H groups in total. The third-order valence-corrected chi connectivity index (χ3v) is 17.6. The minimum Gasteiger partial charge on any atom is -0.496 e. The summed E-state index contributed by atoms with van der Waals surface area (Å²) in [5.41, 5.74) is 3.23. The molecule has 1 atom stereocenters. The summed E-state index contributed by atoms with van der Waals surface area (Å²) in [6.45, 7) is 10.2. The van der Waals surface area contributed by atoms with Gasteiger partial charge in [0.2, 0.25) is 0 Å². The first-order valence-electron chi connectivity index (χ1n) is 26.8. The molecule has 4 aliphatic rings. The number of benzene rings is 4. The summed E-state index contributed by atoms with van der Waals surface area (Å²) in [6.07, 6.45) is 7.06. The van der Waals surface area contributed by atoms with Gasteiger partial charge >= 0.3 is 0 Å². The van der Waals surface area contributed by atoms with E-state index in [1.807, 2.05) is 9.62 Å². The number of alkyl halides is 1. The van der Waals surface area contributed by atoms with E-state index in [2.05, 4.69) is 100 Å². The number of piperazine rings is 1. The van der Waals surface area contributed by atoms with Crippen LogP contribution in [0.25, 0.3) is 11.0 Å². The number of halogens is 2. The number of ether oxygens (including phenoxy) is 3. The first-order valence-corrected chi connectivity index (χ1v) is 28.3. The molecule has 78 heavy (non-hydrogen) atoms. The van der Waals surface area contributed by atoms with E-state index in [0.29, 0.717) is 36.1 Å². The van der Waals surface area contributed by atoms with Crippen LogP contribution in [0.5, 0.6) is 17.2 Å². The Hall–Kier alpha value is -6.71. The third kappa shape index (κ3) is 11.8. The highest BCUT2D eigenvalue weighted by Crippen LogP contribution is 2.54. The van der Waals surface area contributed by atoms with E-state index >= 15 is 8.78 Å². The largest absolute Gasteiger partial charge is 0.496 e. The van der Waals surface area contributed by atoms with Gasteiger partial charge in [-0.2, -0.15) is 0 Å². The van der Waals surface area contributed by atoms with E-state index in [9.17, 15) is 23.3 Å². The topological polar surface area (TPSA) is 188 Å². The van der Waals surface area contributed by atoms with Gasteiger partial charge in [0.25, 0.3) is 21.6 Å². The molecule has 6 aromatic rings. The molecule has 3 aliphatic heterocycles. The average molecular weight is 1090 g/mol. The highest BCUT2D eigenvalue weighted by atomic mass is 32.2. The van der Waals surface area contributed by atoms with E-state index in [-0.39, 0.29) is 66.9 Å². The van der Waals surface area contributed by atoms with Gasteiger partial charge in [-0.15, -0.1) is 0 Å². The van der Waals surface area contributed by atoms with Crippen molar-refractivity contribution < 1.29 is 41.1 Å². The maximum Gasteiger partial charge on any atom is 0.293 e. The molecule has 1 aliphatic carbocycles. The van der Waals surface area contributed by atoms with E-state index in [1.54, 1.807) is 25.4 Å². The van der Waals surface area contributed by atoms with Crippen LogP contribution in [0.4, 0.5) is 25.8 Å². The highest BCUT2D eigenvalue weighted by molar-refractivity contribution is 7.90. The van der Waals surface area contributed by atoms with Gasteiger partial charge in [-0.1, -0.05) is 44.2 Å². The molecule has 0 bridgehead atoms. The lowest BCUT2D eigenvalue weighted by Gasteiger charge is -2.58. The number of amides is 1. The highest BCUT2D eigenvalue weighted by Gasteiger charge is 2.50. The molecule has 2 aromatic heterocycles. The molecule has 4 fully saturated rings. The van der Waals surface area contributed by atoms with Crippen molar-refractivity contribution in [1.29, 1.82) is 0 Å². The van der Waals surface area contributed by atoms with Gasteiger partial charge in [-0.3, -0.25) is 24.7 Å². The number of nitro groups is 1. The fourth-order valence-electron chi connectivity index (χ4n) is 12.0. The number of piperidine rings is 1. The molecule has 1 saturated carbocycles.